The van der Waals surface area contributed by atoms with Gasteiger partial charge in [0.25, 0.3) is 5.91 Å². The van der Waals surface area contributed by atoms with Crippen molar-refractivity contribution in [3.63, 3.8) is 0 Å². The molecule has 24 heavy (non-hydrogen) atoms. The highest BCUT2D eigenvalue weighted by atomic mass is 32.2. The van der Waals surface area contributed by atoms with E-state index in [1.165, 1.54) is 0 Å². The fourth-order valence-corrected chi connectivity index (χ4v) is 2.18. The summed E-state index contributed by atoms with van der Waals surface area (Å²) in [5, 5.41) is 8.84. The molecular weight excluding hydrogens is 334 g/mol. The Morgan fingerprint density at radius 3 is 2.67 bits per heavy atom. The predicted molar refractivity (Wildman–Crippen MR) is 90.6 cm³/mol. The second-order valence-corrected chi connectivity index (χ2v) is 6.54. The second kappa shape index (κ2) is 10.7. The van der Waals surface area contributed by atoms with Crippen LogP contribution in [-0.4, -0.2) is 47.6 Å². The standard InChI is InChI=1S/C15H23N3O5S/c1-10(2)4-5-16-13(19)7-22-15(21)9-24-8-14(20)17-12-6-11(3)23-18-12/h6,10H,4-5,7-9H2,1-3H3,(H,16,19)(H,17,18,20). The van der Waals surface area contributed by atoms with E-state index in [1.54, 1.807) is 13.0 Å². The molecule has 0 atom stereocenters. The maximum absolute atomic E-state index is 11.6. The molecule has 9 heteroatoms. The van der Waals surface area contributed by atoms with Crippen molar-refractivity contribution in [3.8, 4) is 0 Å². The second-order valence-electron chi connectivity index (χ2n) is 5.56. The summed E-state index contributed by atoms with van der Waals surface area (Å²) in [5.41, 5.74) is 0. The van der Waals surface area contributed by atoms with Crippen LogP contribution in [0.2, 0.25) is 0 Å². The van der Waals surface area contributed by atoms with Crippen LogP contribution >= 0.6 is 11.8 Å². The lowest BCUT2D eigenvalue weighted by molar-refractivity contribution is -0.145. The van der Waals surface area contributed by atoms with Gasteiger partial charge in [0.2, 0.25) is 5.91 Å². The lowest BCUT2D eigenvalue weighted by Gasteiger charge is -2.08. The van der Waals surface area contributed by atoms with Crippen molar-refractivity contribution in [3.05, 3.63) is 11.8 Å². The lowest BCUT2D eigenvalue weighted by Crippen LogP contribution is -2.30. The zero-order chi connectivity index (χ0) is 17.9. The van der Waals surface area contributed by atoms with E-state index in [1.807, 2.05) is 0 Å². The molecular formula is C15H23N3O5S. The maximum atomic E-state index is 11.6. The number of anilines is 1. The van der Waals surface area contributed by atoms with Gasteiger partial charge in [-0.3, -0.25) is 14.4 Å². The first-order valence-corrected chi connectivity index (χ1v) is 8.75. The summed E-state index contributed by atoms with van der Waals surface area (Å²) in [6, 6.07) is 1.59. The van der Waals surface area contributed by atoms with Crippen molar-refractivity contribution in [2.45, 2.75) is 27.2 Å². The average Bonchev–Trinajstić information content (AvgIpc) is 2.89. The molecule has 1 rings (SSSR count). The third-order valence-electron chi connectivity index (χ3n) is 2.76. The number of aryl methyl sites for hydroxylation is 1. The van der Waals surface area contributed by atoms with Crippen LogP contribution in [0.4, 0.5) is 5.82 Å². The highest BCUT2D eigenvalue weighted by Gasteiger charge is 2.10. The molecule has 1 aromatic heterocycles. The van der Waals surface area contributed by atoms with Crippen LogP contribution in [0.25, 0.3) is 0 Å². The third-order valence-corrected chi connectivity index (χ3v) is 3.66. The van der Waals surface area contributed by atoms with Crippen LogP contribution < -0.4 is 10.6 Å². The van der Waals surface area contributed by atoms with Gasteiger partial charge >= 0.3 is 5.97 Å². The van der Waals surface area contributed by atoms with E-state index < -0.39 is 5.97 Å². The molecule has 0 saturated carbocycles. The highest BCUT2D eigenvalue weighted by Crippen LogP contribution is 2.08. The number of hydrogen-bond donors (Lipinski definition) is 2. The number of amides is 2. The molecule has 0 aliphatic heterocycles. The largest absolute Gasteiger partial charge is 0.455 e. The van der Waals surface area contributed by atoms with Crippen molar-refractivity contribution in [2.24, 2.45) is 5.92 Å². The molecule has 0 bridgehead atoms. The summed E-state index contributed by atoms with van der Waals surface area (Å²) in [6.07, 6.45) is 0.871. The smallest absolute Gasteiger partial charge is 0.316 e. The fourth-order valence-electron chi connectivity index (χ4n) is 1.57. The number of thioether (sulfide) groups is 1. The van der Waals surface area contributed by atoms with Gasteiger partial charge in [-0.25, -0.2) is 0 Å². The Labute approximate surface area is 145 Å². The van der Waals surface area contributed by atoms with Gasteiger partial charge in [-0.1, -0.05) is 19.0 Å². The van der Waals surface area contributed by atoms with E-state index in [2.05, 4.69) is 29.6 Å². The molecule has 0 unspecified atom stereocenters. The van der Waals surface area contributed by atoms with Crippen molar-refractivity contribution < 1.29 is 23.6 Å². The Balaban J connectivity index is 2.08. The Morgan fingerprint density at radius 2 is 2.04 bits per heavy atom. The Hall–Kier alpha value is -2.03. The van der Waals surface area contributed by atoms with Crippen LogP contribution in [0, 0.1) is 12.8 Å². The SMILES string of the molecule is Cc1cc(NC(=O)CSCC(=O)OCC(=O)NCCC(C)C)no1. The number of hydrogen-bond acceptors (Lipinski definition) is 7. The third kappa shape index (κ3) is 9.19. The lowest BCUT2D eigenvalue weighted by atomic mass is 10.1. The summed E-state index contributed by atoms with van der Waals surface area (Å²) in [4.78, 5) is 34.5. The first-order valence-electron chi connectivity index (χ1n) is 7.60. The first-order chi connectivity index (χ1) is 11.4. The van der Waals surface area contributed by atoms with Gasteiger partial charge in [-0.05, 0) is 19.3 Å². The number of rotatable bonds is 10. The number of carbonyl (C=O) groups is 3. The first kappa shape index (κ1) is 20.0. The molecule has 8 nitrogen and oxygen atoms in total. The molecule has 0 aliphatic carbocycles. The molecule has 0 aliphatic rings. The molecule has 2 N–H and O–H groups in total. The van der Waals surface area contributed by atoms with Crippen LogP contribution in [0.3, 0.4) is 0 Å². The van der Waals surface area contributed by atoms with E-state index in [4.69, 9.17) is 9.26 Å². The monoisotopic (exact) mass is 357 g/mol. The summed E-state index contributed by atoms with van der Waals surface area (Å²) in [7, 11) is 0. The van der Waals surface area contributed by atoms with Crippen molar-refractivity contribution >= 4 is 35.4 Å². The minimum absolute atomic E-state index is 0.00939. The van der Waals surface area contributed by atoms with Gasteiger partial charge in [0.15, 0.2) is 12.4 Å². The quantitative estimate of drug-likeness (QED) is 0.608. The van der Waals surface area contributed by atoms with Gasteiger partial charge in [-0.2, -0.15) is 0 Å². The fraction of sp³-hybridized carbons (Fsp3) is 0.600. The van der Waals surface area contributed by atoms with E-state index in [0.29, 0.717) is 24.0 Å². The van der Waals surface area contributed by atoms with E-state index in [9.17, 15) is 14.4 Å². The zero-order valence-corrected chi connectivity index (χ0v) is 14.9. The number of ether oxygens (including phenoxy) is 1. The minimum Gasteiger partial charge on any atom is -0.455 e. The highest BCUT2D eigenvalue weighted by molar-refractivity contribution is 8.00. The molecule has 0 aromatic carbocycles. The number of nitrogens with one attached hydrogen (secondary N) is 2. The molecule has 1 heterocycles. The van der Waals surface area contributed by atoms with Gasteiger partial charge in [0.05, 0.1) is 11.5 Å². The van der Waals surface area contributed by atoms with E-state index in [-0.39, 0.29) is 29.9 Å². The zero-order valence-electron chi connectivity index (χ0n) is 14.1. The summed E-state index contributed by atoms with van der Waals surface area (Å²) >= 11 is 1.09. The maximum Gasteiger partial charge on any atom is 0.316 e. The van der Waals surface area contributed by atoms with E-state index >= 15 is 0 Å². The molecule has 0 spiro atoms. The number of carbonyl (C=O) groups excluding carboxylic acids is 3. The number of esters is 1. The molecule has 2 amide bonds. The van der Waals surface area contributed by atoms with Crippen LogP contribution in [0.15, 0.2) is 10.6 Å². The molecule has 134 valence electrons. The Morgan fingerprint density at radius 1 is 1.29 bits per heavy atom. The average molecular weight is 357 g/mol. The number of aromatic nitrogens is 1. The van der Waals surface area contributed by atoms with Crippen molar-refractivity contribution in [1.29, 1.82) is 0 Å². The molecule has 0 radical (unpaired) electrons. The normalized spacial score (nSPS) is 10.5. The summed E-state index contributed by atoms with van der Waals surface area (Å²) in [6.45, 7) is 6.09. The Kier molecular flexibility index (Phi) is 8.92. The van der Waals surface area contributed by atoms with Crippen molar-refractivity contribution in [2.75, 3.05) is 30.0 Å². The number of nitrogens with zero attached hydrogens (tertiary/aromatic N) is 1. The van der Waals surface area contributed by atoms with Gasteiger partial charge in [0.1, 0.15) is 5.76 Å². The Bertz CT molecular complexity index is 559. The van der Waals surface area contributed by atoms with Gasteiger partial charge < -0.3 is 19.9 Å². The minimum atomic E-state index is -0.538. The van der Waals surface area contributed by atoms with Gasteiger partial charge in [0, 0.05) is 12.6 Å². The van der Waals surface area contributed by atoms with E-state index in [0.717, 1.165) is 18.2 Å². The molecule has 0 saturated heterocycles. The predicted octanol–water partition coefficient (Wildman–Crippen LogP) is 1.36. The summed E-state index contributed by atoms with van der Waals surface area (Å²) < 4.78 is 9.65. The molecule has 1 aromatic rings. The molecule has 0 fully saturated rings. The van der Waals surface area contributed by atoms with Crippen LogP contribution in [0.1, 0.15) is 26.0 Å². The van der Waals surface area contributed by atoms with Crippen LogP contribution in [-0.2, 0) is 19.1 Å². The topological polar surface area (TPSA) is 111 Å². The summed E-state index contributed by atoms with van der Waals surface area (Å²) in [5.74, 6) is 0.319. The van der Waals surface area contributed by atoms with Gasteiger partial charge in [-0.15, -0.1) is 11.8 Å². The van der Waals surface area contributed by atoms with Crippen molar-refractivity contribution in [1.82, 2.24) is 10.5 Å². The van der Waals surface area contributed by atoms with Crippen LogP contribution in [0.5, 0.6) is 0 Å².